The molecule has 4 rings (SSSR count). The number of halogens is 2. The molecular weight excluding hydrogens is 403 g/mol. The van der Waals surface area contributed by atoms with Crippen molar-refractivity contribution in [3.05, 3.63) is 68.8 Å². The number of anilines is 1. The zero-order valence-electron chi connectivity index (χ0n) is 14.5. The normalized spacial score (nSPS) is 16.5. The summed E-state index contributed by atoms with van der Waals surface area (Å²) in [5.74, 6) is -0.881. The molecule has 1 aliphatic heterocycles. The van der Waals surface area contributed by atoms with E-state index in [1.165, 1.54) is 0 Å². The number of fused-ring (bicyclic) bond motifs is 2. The van der Waals surface area contributed by atoms with Crippen LogP contribution in [0, 0.1) is 0 Å². The smallest absolute Gasteiger partial charge is 0.339 e. The number of amides is 1. The van der Waals surface area contributed by atoms with Gasteiger partial charge in [-0.1, -0.05) is 41.4 Å². The molecule has 0 saturated carbocycles. The Kier molecular flexibility index (Phi) is 4.49. The van der Waals surface area contributed by atoms with Crippen LogP contribution in [-0.2, 0) is 9.53 Å². The number of carbonyl (C=O) groups is 2. The lowest BCUT2D eigenvalue weighted by molar-refractivity contribution is -0.113. The van der Waals surface area contributed by atoms with E-state index in [9.17, 15) is 9.59 Å². The van der Waals surface area contributed by atoms with Crippen molar-refractivity contribution in [2.75, 3.05) is 5.32 Å². The number of H-pyrrole nitrogens is 1. The van der Waals surface area contributed by atoms with Gasteiger partial charge in [-0.3, -0.25) is 10.1 Å². The molecule has 142 valence electrons. The Hall–Kier alpha value is -3.03. The van der Waals surface area contributed by atoms with E-state index >= 15 is 0 Å². The second-order valence-electron chi connectivity index (χ2n) is 6.27. The first-order valence-electron chi connectivity index (χ1n) is 8.28. The quantitative estimate of drug-likeness (QED) is 0.442. The van der Waals surface area contributed by atoms with Crippen LogP contribution >= 0.6 is 23.2 Å². The maximum atomic E-state index is 12.9. The van der Waals surface area contributed by atoms with Crippen molar-refractivity contribution < 1.29 is 14.3 Å². The standard InChI is InChI=1S/C19H14Cl2N4O3/c1-8(22)13(16-9-4-2-3-5-10(9)18(27)28-16)17(26)25-19-23-12-7-6-11(20)14(21)15(12)24-19/h2-7,16H,22H2,1H3,(H2,23,24,25,26)/b13-8-. The summed E-state index contributed by atoms with van der Waals surface area (Å²) < 4.78 is 5.40. The summed E-state index contributed by atoms with van der Waals surface area (Å²) in [6.07, 6.45) is -0.892. The van der Waals surface area contributed by atoms with Gasteiger partial charge >= 0.3 is 5.97 Å². The number of esters is 1. The number of aromatic nitrogens is 2. The number of nitrogens with two attached hydrogens (primary N) is 1. The summed E-state index contributed by atoms with van der Waals surface area (Å²) in [5.41, 5.74) is 8.33. The highest BCUT2D eigenvalue weighted by atomic mass is 35.5. The van der Waals surface area contributed by atoms with E-state index in [4.69, 9.17) is 33.7 Å². The number of nitrogens with one attached hydrogen (secondary N) is 2. The zero-order chi connectivity index (χ0) is 20.0. The van der Waals surface area contributed by atoms with Crippen molar-refractivity contribution in [3.8, 4) is 0 Å². The molecule has 9 heteroatoms. The predicted molar refractivity (Wildman–Crippen MR) is 106 cm³/mol. The van der Waals surface area contributed by atoms with Gasteiger partial charge in [-0.25, -0.2) is 9.78 Å². The van der Waals surface area contributed by atoms with Crippen LogP contribution in [0.2, 0.25) is 10.0 Å². The van der Waals surface area contributed by atoms with Crippen molar-refractivity contribution in [1.82, 2.24) is 9.97 Å². The maximum Gasteiger partial charge on any atom is 0.339 e. The van der Waals surface area contributed by atoms with Gasteiger partial charge in [-0.05, 0) is 25.1 Å². The van der Waals surface area contributed by atoms with Gasteiger partial charge in [0.15, 0.2) is 6.10 Å². The van der Waals surface area contributed by atoms with Crippen molar-refractivity contribution in [3.63, 3.8) is 0 Å². The SMILES string of the molecule is C/C(N)=C(/C(=O)Nc1nc2c(Cl)c(Cl)ccc2[nH]1)C1OC(=O)c2ccccc21. The van der Waals surface area contributed by atoms with Crippen LogP contribution in [0.25, 0.3) is 11.0 Å². The number of hydrogen-bond acceptors (Lipinski definition) is 5. The molecule has 0 spiro atoms. The molecule has 0 fully saturated rings. The third-order valence-corrected chi connectivity index (χ3v) is 5.19. The van der Waals surface area contributed by atoms with Gasteiger partial charge in [0.1, 0.15) is 5.52 Å². The average Bonchev–Trinajstić information content (AvgIpc) is 3.20. The molecule has 7 nitrogen and oxygen atoms in total. The minimum atomic E-state index is -0.892. The van der Waals surface area contributed by atoms with E-state index in [1.807, 2.05) is 0 Å². The Morgan fingerprint density at radius 1 is 1.25 bits per heavy atom. The minimum absolute atomic E-state index is 0.128. The van der Waals surface area contributed by atoms with E-state index < -0.39 is 18.0 Å². The first-order valence-corrected chi connectivity index (χ1v) is 9.03. The highest BCUT2D eigenvalue weighted by Gasteiger charge is 2.37. The van der Waals surface area contributed by atoms with Gasteiger partial charge in [0.05, 0.1) is 26.7 Å². The van der Waals surface area contributed by atoms with Crippen LogP contribution in [0.5, 0.6) is 0 Å². The van der Waals surface area contributed by atoms with Crippen LogP contribution in [-0.4, -0.2) is 21.8 Å². The molecule has 2 heterocycles. The fraction of sp³-hybridized carbons (Fsp3) is 0.105. The molecule has 28 heavy (non-hydrogen) atoms. The molecule has 1 amide bonds. The third-order valence-electron chi connectivity index (χ3n) is 4.40. The molecular formula is C19H14Cl2N4O3. The second kappa shape index (κ2) is 6.85. The number of carbonyl (C=O) groups excluding carboxylic acids is 2. The first kappa shape index (κ1) is 18.3. The molecule has 4 N–H and O–H groups in total. The summed E-state index contributed by atoms with van der Waals surface area (Å²) >= 11 is 12.1. The Balaban J connectivity index is 1.67. The van der Waals surface area contributed by atoms with Crippen LogP contribution in [0.4, 0.5) is 5.95 Å². The van der Waals surface area contributed by atoms with Gasteiger partial charge in [0, 0.05) is 11.3 Å². The lowest BCUT2D eigenvalue weighted by atomic mass is 9.97. The van der Waals surface area contributed by atoms with E-state index in [2.05, 4.69) is 15.3 Å². The number of rotatable bonds is 3. The molecule has 3 aromatic rings. The molecule has 0 aliphatic carbocycles. The first-order chi connectivity index (χ1) is 13.4. The summed E-state index contributed by atoms with van der Waals surface area (Å²) in [6, 6.07) is 10.2. The Labute approximate surface area is 169 Å². The topological polar surface area (TPSA) is 110 Å². The Morgan fingerprint density at radius 2 is 2.00 bits per heavy atom. The number of ether oxygens (including phenoxy) is 1. The molecule has 0 radical (unpaired) electrons. The third kappa shape index (κ3) is 2.98. The molecule has 1 unspecified atom stereocenters. The molecule has 1 aromatic heterocycles. The van der Waals surface area contributed by atoms with E-state index in [1.54, 1.807) is 43.3 Å². The fourth-order valence-corrected chi connectivity index (χ4v) is 3.48. The summed E-state index contributed by atoms with van der Waals surface area (Å²) in [4.78, 5) is 32.2. The lowest BCUT2D eigenvalue weighted by Gasteiger charge is -2.16. The number of nitrogens with zero attached hydrogens (tertiary/aromatic N) is 1. The molecule has 1 aliphatic rings. The largest absolute Gasteiger partial charge is 0.449 e. The predicted octanol–water partition coefficient (Wildman–Crippen LogP) is 3.95. The molecule has 0 saturated heterocycles. The van der Waals surface area contributed by atoms with Crippen LogP contribution in [0.1, 0.15) is 28.9 Å². The Morgan fingerprint density at radius 3 is 2.75 bits per heavy atom. The minimum Gasteiger partial charge on any atom is -0.449 e. The summed E-state index contributed by atoms with van der Waals surface area (Å²) in [6.45, 7) is 1.57. The molecule has 1 atom stereocenters. The van der Waals surface area contributed by atoms with Crippen LogP contribution < -0.4 is 11.1 Å². The summed E-state index contributed by atoms with van der Waals surface area (Å²) in [5, 5.41) is 3.28. The summed E-state index contributed by atoms with van der Waals surface area (Å²) in [7, 11) is 0. The molecule has 2 aromatic carbocycles. The maximum absolute atomic E-state index is 12.9. The van der Waals surface area contributed by atoms with Gasteiger partial charge in [0.2, 0.25) is 5.95 Å². The average molecular weight is 417 g/mol. The second-order valence-corrected chi connectivity index (χ2v) is 7.05. The van der Waals surface area contributed by atoms with Gasteiger partial charge in [-0.15, -0.1) is 0 Å². The van der Waals surface area contributed by atoms with Gasteiger partial charge in [-0.2, -0.15) is 0 Å². The highest BCUT2D eigenvalue weighted by molar-refractivity contribution is 6.45. The van der Waals surface area contributed by atoms with Crippen LogP contribution in [0.3, 0.4) is 0 Å². The number of cyclic esters (lactones) is 1. The lowest BCUT2D eigenvalue weighted by Crippen LogP contribution is -2.23. The number of benzene rings is 2. The number of allylic oxidation sites excluding steroid dienone is 1. The van der Waals surface area contributed by atoms with Crippen molar-refractivity contribution >= 4 is 52.1 Å². The van der Waals surface area contributed by atoms with Crippen LogP contribution in [0.15, 0.2) is 47.7 Å². The van der Waals surface area contributed by atoms with Crippen molar-refractivity contribution in [2.45, 2.75) is 13.0 Å². The number of imidazole rings is 1. The monoisotopic (exact) mass is 416 g/mol. The van der Waals surface area contributed by atoms with E-state index in [0.29, 0.717) is 27.2 Å². The number of hydrogen-bond donors (Lipinski definition) is 3. The van der Waals surface area contributed by atoms with Gasteiger partial charge < -0.3 is 15.5 Å². The van der Waals surface area contributed by atoms with E-state index in [-0.39, 0.29) is 22.2 Å². The Bertz CT molecular complexity index is 1170. The van der Waals surface area contributed by atoms with E-state index in [0.717, 1.165) is 0 Å². The van der Waals surface area contributed by atoms with Crippen molar-refractivity contribution in [1.29, 1.82) is 0 Å². The highest BCUT2D eigenvalue weighted by Crippen LogP contribution is 2.37. The number of aromatic amines is 1. The zero-order valence-corrected chi connectivity index (χ0v) is 16.1. The fourth-order valence-electron chi connectivity index (χ4n) is 3.12. The van der Waals surface area contributed by atoms with Gasteiger partial charge in [0.25, 0.3) is 5.91 Å². The molecule has 0 bridgehead atoms. The van der Waals surface area contributed by atoms with Crippen molar-refractivity contribution in [2.24, 2.45) is 5.73 Å².